The predicted octanol–water partition coefficient (Wildman–Crippen LogP) is 5.59. The van der Waals surface area contributed by atoms with Crippen molar-refractivity contribution in [2.45, 2.75) is 50.0 Å². The summed E-state index contributed by atoms with van der Waals surface area (Å²) in [5, 5.41) is 17.4. The number of carboxylic acids is 1. The third-order valence-corrected chi connectivity index (χ3v) is 7.61. The Morgan fingerprint density at radius 2 is 2.00 bits per heavy atom. The van der Waals surface area contributed by atoms with Crippen molar-refractivity contribution in [3.8, 4) is 5.69 Å². The van der Waals surface area contributed by atoms with Crippen LogP contribution >= 0.6 is 0 Å². The fourth-order valence-electron chi connectivity index (χ4n) is 5.94. The lowest BCUT2D eigenvalue weighted by Crippen LogP contribution is -2.38. The Morgan fingerprint density at radius 3 is 2.62 bits per heavy atom. The molecule has 2 heterocycles. The summed E-state index contributed by atoms with van der Waals surface area (Å²) < 4.78 is 57.4. The number of carbonyl (C=O) groups is 1. The number of nitrogens with one attached hydrogen (secondary N) is 1. The van der Waals surface area contributed by atoms with Crippen molar-refractivity contribution in [1.29, 1.82) is 0 Å². The lowest BCUT2D eigenvalue weighted by molar-refractivity contribution is -0.161. The van der Waals surface area contributed by atoms with E-state index in [0.717, 1.165) is 12.1 Å². The molecule has 0 unspecified atom stereocenters. The summed E-state index contributed by atoms with van der Waals surface area (Å²) in [7, 11) is 2.92. The number of rotatable bonds is 7. The first-order chi connectivity index (χ1) is 17.5. The number of methoxy groups -OCH3 is 2. The Kier molecular flexibility index (Phi) is 6.07. The van der Waals surface area contributed by atoms with E-state index in [1.54, 1.807) is 17.7 Å². The highest BCUT2D eigenvalue weighted by Gasteiger charge is 2.49. The Balaban J connectivity index is 1.92. The monoisotopic (exact) mass is 515 g/mol. The Hall–Kier alpha value is -3.37. The molecule has 7 nitrogen and oxygen atoms in total. The molecule has 0 bridgehead atoms. The van der Waals surface area contributed by atoms with Crippen molar-refractivity contribution < 1.29 is 32.5 Å². The van der Waals surface area contributed by atoms with E-state index in [1.165, 1.54) is 19.4 Å². The van der Waals surface area contributed by atoms with Crippen LogP contribution in [0.2, 0.25) is 0 Å². The second-order valence-corrected chi connectivity index (χ2v) is 10.4. The molecule has 1 saturated carbocycles. The molecule has 1 aliphatic rings. The molecule has 2 aromatic carbocycles. The minimum Gasteiger partial charge on any atom is -0.479 e. The highest BCUT2D eigenvalue weighted by atomic mass is 19.2. The molecule has 0 amide bonds. The third kappa shape index (κ3) is 3.81. The van der Waals surface area contributed by atoms with Gasteiger partial charge in [-0.3, -0.25) is 5.10 Å². The van der Waals surface area contributed by atoms with Crippen LogP contribution in [0.4, 0.5) is 13.2 Å². The number of halogens is 3. The van der Waals surface area contributed by atoms with Gasteiger partial charge in [0.15, 0.2) is 23.1 Å². The number of nitrogens with zero attached hydrogens (tertiary/aromatic N) is 2. The van der Waals surface area contributed by atoms with Gasteiger partial charge >= 0.3 is 5.97 Å². The minimum atomic E-state index is -1.40. The van der Waals surface area contributed by atoms with E-state index >= 15 is 4.39 Å². The van der Waals surface area contributed by atoms with Gasteiger partial charge in [-0.1, -0.05) is 13.8 Å². The minimum absolute atomic E-state index is 0.131. The van der Waals surface area contributed by atoms with Crippen LogP contribution in [-0.2, 0) is 19.7 Å². The van der Waals surface area contributed by atoms with Crippen molar-refractivity contribution in [1.82, 2.24) is 14.8 Å². The van der Waals surface area contributed by atoms with Crippen LogP contribution < -0.4 is 0 Å². The second kappa shape index (κ2) is 8.88. The SMILES string of the molecule is COCC(C)(C)c1c([C@@H]2CC[C@@](OC)(C(=O)O)C2)c2c(F)c3[nH]ncc3cc2n1-c1ccc(F)c(F)c1. The maximum atomic E-state index is 16.3. The standard InChI is InChI=1S/C27H28F3N3O4/c1-26(2,13-36-3)24-20(14-7-8-27(11-14,37-4)25(34)35)21-19(9-15-12-31-32-23(15)22(21)30)33(24)16-5-6-17(28)18(29)10-16/h5-6,9-10,12,14H,7-8,11,13H2,1-4H3,(H,31,32)(H,34,35)/t14-,27+/m1/s1. The molecule has 1 aliphatic carbocycles. The average molecular weight is 516 g/mol. The smallest absolute Gasteiger partial charge is 0.335 e. The van der Waals surface area contributed by atoms with E-state index in [1.807, 2.05) is 13.8 Å². The molecule has 10 heteroatoms. The molecule has 0 saturated heterocycles. The summed E-state index contributed by atoms with van der Waals surface area (Å²) in [6.45, 7) is 4.08. The topological polar surface area (TPSA) is 89.4 Å². The van der Waals surface area contributed by atoms with Gasteiger partial charge in [-0.15, -0.1) is 0 Å². The van der Waals surface area contributed by atoms with Crippen LogP contribution in [0.15, 0.2) is 30.5 Å². The van der Waals surface area contributed by atoms with Gasteiger partial charge in [-0.25, -0.2) is 18.0 Å². The van der Waals surface area contributed by atoms with Gasteiger partial charge in [0.2, 0.25) is 0 Å². The Bertz CT molecular complexity index is 1530. The van der Waals surface area contributed by atoms with Gasteiger partial charge in [0.05, 0.1) is 18.3 Å². The van der Waals surface area contributed by atoms with Crippen LogP contribution in [0.1, 0.15) is 50.3 Å². The summed E-state index contributed by atoms with van der Waals surface area (Å²) in [5.41, 5.74) is 0.0731. The van der Waals surface area contributed by atoms with Gasteiger partial charge in [0, 0.05) is 47.9 Å². The number of benzene rings is 2. The number of ether oxygens (including phenoxy) is 2. The highest BCUT2D eigenvalue weighted by molar-refractivity contribution is 6.00. The summed E-state index contributed by atoms with van der Waals surface area (Å²) in [5.74, 6) is -4.03. The van der Waals surface area contributed by atoms with Crippen molar-refractivity contribution in [2.24, 2.45) is 0 Å². The van der Waals surface area contributed by atoms with E-state index in [0.29, 0.717) is 34.3 Å². The summed E-state index contributed by atoms with van der Waals surface area (Å²) in [4.78, 5) is 12.2. The van der Waals surface area contributed by atoms with E-state index in [4.69, 9.17) is 9.47 Å². The van der Waals surface area contributed by atoms with E-state index < -0.39 is 34.4 Å². The molecule has 2 aromatic heterocycles. The van der Waals surface area contributed by atoms with Crippen molar-refractivity contribution in [3.63, 3.8) is 0 Å². The van der Waals surface area contributed by atoms with Crippen LogP contribution in [0.25, 0.3) is 27.5 Å². The van der Waals surface area contributed by atoms with Crippen molar-refractivity contribution in [2.75, 3.05) is 20.8 Å². The number of hydrogen-bond acceptors (Lipinski definition) is 4. The molecule has 2 atom stereocenters. The van der Waals surface area contributed by atoms with Gasteiger partial charge in [0.25, 0.3) is 0 Å². The number of H-pyrrole nitrogens is 1. The molecule has 0 aliphatic heterocycles. The average Bonchev–Trinajstić information content (AvgIpc) is 3.57. The predicted molar refractivity (Wildman–Crippen MR) is 132 cm³/mol. The first kappa shape index (κ1) is 25.3. The molecule has 0 spiro atoms. The molecule has 4 aromatic rings. The van der Waals surface area contributed by atoms with E-state index in [-0.39, 0.29) is 36.3 Å². The number of aliphatic carboxylic acids is 1. The van der Waals surface area contributed by atoms with Crippen LogP contribution in [0.5, 0.6) is 0 Å². The van der Waals surface area contributed by atoms with Crippen LogP contribution in [-0.4, -0.2) is 52.3 Å². The molecule has 0 radical (unpaired) electrons. The number of aromatic amines is 1. The van der Waals surface area contributed by atoms with Crippen LogP contribution in [0, 0.1) is 17.5 Å². The highest BCUT2D eigenvalue weighted by Crippen LogP contribution is 2.51. The first-order valence-electron chi connectivity index (χ1n) is 12.0. The molecule has 2 N–H and O–H groups in total. The van der Waals surface area contributed by atoms with E-state index in [9.17, 15) is 18.7 Å². The summed E-state index contributed by atoms with van der Waals surface area (Å²) in [6.07, 6.45) is 2.31. The quantitative estimate of drug-likeness (QED) is 0.335. The molecule has 37 heavy (non-hydrogen) atoms. The van der Waals surface area contributed by atoms with E-state index in [2.05, 4.69) is 10.2 Å². The van der Waals surface area contributed by atoms with Gasteiger partial charge in [0.1, 0.15) is 5.52 Å². The molecule has 196 valence electrons. The van der Waals surface area contributed by atoms with Crippen molar-refractivity contribution in [3.05, 3.63) is 59.2 Å². The first-order valence-corrected chi connectivity index (χ1v) is 12.0. The largest absolute Gasteiger partial charge is 0.479 e. The summed E-state index contributed by atoms with van der Waals surface area (Å²) in [6, 6.07) is 5.31. The number of aromatic nitrogens is 3. The Labute approximate surface area is 211 Å². The molecular formula is C27H28F3N3O4. The maximum Gasteiger partial charge on any atom is 0.335 e. The fraction of sp³-hybridized carbons (Fsp3) is 0.407. The zero-order valence-corrected chi connectivity index (χ0v) is 21.0. The Morgan fingerprint density at radius 1 is 1.24 bits per heavy atom. The van der Waals surface area contributed by atoms with Gasteiger partial charge in [-0.2, -0.15) is 5.10 Å². The molecular weight excluding hydrogens is 487 g/mol. The van der Waals surface area contributed by atoms with Crippen LogP contribution in [0.3, 0.4) is 0 Å². The zero-order chi connectivity index (χ0) is 26.7. The number of hydrogen-bond donors (Lipinski definition) is 2. The number of fused-ring (bicyclic) bond motifs is 2. The van der Waals surface area contributed by atoms with Crippen molar-refractivity contribution >= 4 is 27.8 Å². The maximum absolute atomic E-state index is 16.3. The summed E-state index contributed by atoms with van der Waals surface area (Å²) >= 11 is 0. The molecule has 1 fully saturated rings. The zero-order valence-electron chi connectivity index (χ0n) is 21.0. The second-order valence-electron chi connectivity index (χ2n) is 10.4. The van der Waals surface area contributed by atoms with Gasteiger partial charge < -0.3 is 19.1 Å². The lowest BCUT2D eigenvalue weighted by Gasteiger charge is -2.30. The van der Waals surface area contributed by atoms with Gasteiger partial charge in [-0.05, 0) is 48.9 Å². The normalized spacial score (nSPS) is 20.4. The molecule has 5 rings (SSSR count). The number of carboxylic acid groups (broad SMARTS) is 1. The lowest BCUT2D eigenvalue weighted by atomic mass is 9.81. The fourth-order valence-corrected chi connectivity index (χ4v) is 5.94. The third-order valence-electron chi connectivity index (χ3n) is 7.61.